The van der Waals surface area contributed by atoms with E-state index in [1.165, 1.54) is 34.9 Å². The van der Waals surface area contributed by atoms with Gasteiger partial charge in [-0.25, -0.2) is 8.78 Å². The molecular formula is C34H45Cl3F2. The molecule has 0 aliphatic rings. The van der Waals surface area contributed by atoms with Gasteiger partial charge in [-0.2, -0.15) is 0 Å². The van der Waals surface area contributed by atoms with Crippen molar-refractivity contribution in [1.29, 1.82) is 0 Å². The molecule has 5 heteroatoms. The predicted octanol–water partition coefficient (Wildman–Crippen LogP) is 12.4. The minimum atomic E-state index is -0.268. The van der Waals surface area contributed by atoms with Gasteiger partial charge in [0.25, 0.3) is 0 Å². The van der Waals surface area contributed by atoms with Crippen molar-refractivity contribution >= 4 is 34.8 Å². The number of rotatable bonds is 0. The predicted molar refractivity (Wildman–Crippen MR) is 169 cm³/mol. The van der Waals surface area contributed by atoms with E-state index in [-0.39, 0.29) is 27.9 Å². The average molecular weight is 598 g/mol. The summed E-state index contributed by atoms with van der Waals surface area (Å²) >= 11 is 17.7. The molecule has 0 aliphatic carbocycles. The first kappa shape index (κ1) is 35.4. The molecule has 216 valence electrons. The summed E-state index contributed by atoms with van der Waals surface area (Å²) in [6.07, 6.45) is 0. The first-order chi connectivity index (χ1) is 17.5. The Labute approximate surface area is 251 Å². The van der Waals surface area contributed by atoms with Gasteiger partial charge in [-0.1, -0.05) is 97.1 Å². The minimum Gasteiger partial charge on any atom is -0.207 e. The van der Waals surface area contributed by atoms with Gasteiger partial charge in [0.15, 0.2) is 0 Å². The van der Waals surface area contributed by atoms with Crippen LogP contribution in [0.5, 0.6) is 0 Å². The summed E-state index contributed by atoms with van der Waals surface area (Å²) in [5.41, 5.74) is 7.60. The molecule has 3 aromatic carbocycles. The molecule has 0 saturated heterocycles. The highest BCUT2D eigenvalue weighted by atomic mass is 35.5. The van der Waals surface area contributed by atoms with Gasteiger partial charge in [-0.15, -0.1) is 0 Å². The Hall–Kier alpha value is -1.61. The van der Waals surface area contributed by atoms with Crippen LogP contribution in [0.4, 0.5) is 8.78 Å². The zero-order valence-electron chi connectivity index (χ0n) is 25.9. The SMILES string of the molecule is Cc1cc(Cl)cc(C)c1C(C)(C)C.Cc1cc(Cl)cc(F)c1C(C)(C)C.Cc1cc(F)cc(Cl)c1C(C)(C)C. The van der Waals surface area contributed by atoms with E-state index < -0.39 is 0 Å². The number of aryl methyl sites for hydroxylation is 4. The summed E-state index contributed by atoms with van der Waals surface area (Å²) in [6.45, 7) is 26.9. The molecule has 0 aromatic heterocycles. The van der Waals surface area contributed by atoms with Crippen LogP contribution in [0, 0.1) is 39.3 Å². The van der Waals surface area contributed by atoms with Crippen LogP contribution in [-0.2, 0) is 16.2 Å². The number of hydrogen-bond acceptors (Lipinski definition) is 0. The van der Waals surface area contributed by atoms with E-state index in [2.05, 4.69) is 55.4 Å². The van der Waals surface area contributed by atoms with Gasteiger partial charge in [0.2, 0.25) is 0 Å². The van der Waals surface area contributed by atoms with Crippen molar-refractivity contribution in [3.05, 3.63) is 102 Å². The Bertz CT molecular complexity index is 1060. The highest BCUT2D eigenvalue weighted by Gasteiger charge is 2.22. The van der Waals surface area contributed by atoms with Crippen LogP contribution in [0.25, 0.3) is 0 Å². The third kappa shape index (κ3) is 10.4. The summed E-state index contributed by atoms with van der Waals surface area (Å²) in [5.74, 6) is -0.479. The smallest absolute Gasteiger partial charge is 0.128 e. The molecule has 0 spiro atoms. The standard InChI is InChI=1S/C12H17Cl.2C11H14ClF/c1-8-6-10(13)7-9(2)11(8)12(3,4)5;1-7-5-8(13)6-9(12)10(7)11(2,3)4;1-7-5-8(12)6-9(13)10(7)11(2,3)4/h6-7H,1-5H3;2*5-6H,1-4H3. The normalized spacial score (nSPS) is 11.8. The van der Waals surface area contributed by atoms with Crippen LogP contribution in [0.2, 0.25) is 15.1 Å². The molecular weight excluding hydrogens is 553 g/mol. The van der Waals surface area contributed by atoms with Crippen molar-refractivity contribution < 1.29 is 8.78 Å². The summed E-state index contributed by atoms with van der Waals surface area (Å²) in [5, 5.41) is 1.82. The largest absolute Gasteiger partial charge is 0.207 e. The second-order valence-electron chi connectivity index (χ2n) is 13.3. The lowest BCUT2D eigenvalue weighted by atomic mass is 9.81. The van der Waals surface area contributed by atoms with Crippen molar-refractivity contribution in [2.24, 2.45) is 0 Å². The van der Waals surface area contributed by atoms with E-state index in [0.717, 1.165) is 27.3 Å². The Morgan fingerprint density at radius 1 is 0.462 bits per heavy atom. The molecule has 0 nitrogen and oxygen atoms in total. The Kier molecular flexibility index (Phi) is 12.1. The quantitative estimate of drug-likeness (QED) is 0.242. The van der Waals surface area contributed by atoms with E-state index >= 15 is 0 Å². The van der Waals surface area contributed by atoms with Crippen LogP contribution >= 0.6 is 34.8 Å². The van der Waals surface area contributed by atoms with Crippen molar-refractivity contribution in [2.75, 3.05) is 0 Å². The van der Waals surface area contributed by atoms with Gasteiger partial charge < -0.3 is 0 Å². The van der Waals surface area contributed by atoms with Crippen LogP contribution in [0.1, 0.15) is 101 Å². The first-order valence-corrected chi connectivity index (χ1v) is 14.3. The van der Waals surface area contributed by atoms with Crippen LogP contribution in [0.3, 0.4) is 0 Å². The van der Waals surface area contributed by atoms with Gasteiger partial charge in [-0.05, 0) is 119 Å². The van der Waals surface area contributed by atoms with Gasteiger partial charge in [0.05, 0.1) is 0 Å². The van der Waals surface area contributed by atoms with E-state index in [9.17, 15) is 8.78 Å². The van der Waals surface area contributed by atoms with Crippen molar-refractivity contribution in [3.8, 4) is 0 Å². The van der Waals surface area contributed by atoms with Gasteiger partial charge in [-0.3, -0.25) is 0 Å². The Morgan fingerprint density at radius 3 is 1.13 bits per heavy atom. The van der Waals surface area contributed by atoms with Crippen LogP contribution in [0.15, 0.2) is 36.4 Å². The molecule has 3 aromatic rings. The minimum absolute atomic E-state index is 0.0329. The average Bonchev–Trinajstić information content (AvgIpc) is 2.62. The van der Waals surface area contributed by atoms with Crippen LogP contribution in [-0.4, -0.2) is 0 Å². The molecule has 0 heterocycles. The fraction of sp³-hybridized carbons (Fsp3) is 0.471. The number of hydrogen-bond donors (Lipinski definition) is 0. The molecule has 0 aliphatic heterocycles. The number of halogens is 5. The molecule has 0 amide bonds. The lowest BCUT2D eigenvalue weighted by Gasteiger charge is -2.24. The molecule has 0 bridgehead atoms. The molecule has 0 unspecified atom stereocenters. The van der Waals surface area contributed by atoms with E-state index in [4.69, 9.17) is 34.8 Å². The lowest BCUT2D eigenvalue weighted by Crippen LogP contribution is -2.15. The maximum Gasteiger partial charge on any atom is 0.128 e. The maximum absolute atomic E-state index is 13.5. The molecule has 39 heavy (non-hydrogen) atoms. The Balaban J connectivity index is 0.000000292. The highest BCUT2D eigenvalue weighted by Crippen LogP contribution is 2.33. The maximum atomic E-state index is 13.5. The van der Waals surface area contributed by atoms with E-state index in [1.54, 1.807) is 6.07 Å². The second-order valence-corrected chi connectivity index (χ2v) is 14.6. The molecule has 0 saturated carbocycles. The first-order valence-electron chi connectivity index (χ1n) is 13.2. The van der Waals surface area contributed by atoms with Crippen molar-refractivity contribution in [2.45, 2.75) is 106 Å². The summed E-state index contributed by atoms with van der Waals surface area (Å²) in [7, 11) is 0. The van der Waals surface area contributed by atoms with E-state index in [0.29, 0.717) is 10.0 Å². The lowest BCUT2D eigenvalue weighted by molar-refractivity contribution is 0.519. The molecule has 0 N–H and O–H groups in total. The molecule has 0 fully saturated rings. The third-order valence-electron chi connectivity index (χ3n) is 6.25. The van der Waals surface area contributed by atoms with Gasteiger partial charge >= 0.3 is 0 Å². The van der Waals surface area contributed by atoms with Crippen LogP contribution < -0.4 is 0 Å². The van der Waals surface area contributed by atoms with E-state index in [1.807, 2.05) is 46.8 Å². The fourth-order valence-corrected chi connectivity index (χ4v) is 6.52. The molecule has 3 rings (SSSR count). The summed E-state index contributed by atoms with van der Waals surface area (Å²) in [6, 6.07) is 10.1. The Morgan fingerprint density at radius 2 is 0.795 bits per heavy atom. The molecule has 0 atom stereocenters. The third-order valence-corrected chi connectivity index (χ3v) is 6.99. The molecule has 0 radical (unpaired) electrons. The summed E-state index contributed by atoms with van der Waals surface area (Å²) < 4.78 is 26.4. The topological polar surface area (TPSA) is 0 Å². The zero-order chi connectivity index (χ0) is 30.7. The highest BCUT2D eigenvalue weighted by molar-refractivity contribution is 6.31. The summed E-state index contributed by atoms with van der Waals surface area (Å²) in [4.78, 5) is 0. The fourth-order valence-electron chi connectivity index (χ4n) is 5.40. The monoisotopic (exact) mass is 596 g/mol. The van der Waals surface area contributed by atoms with Gasteiger partial charge in [0, 0.05) is 15.1 Å². The number of benzene rings is 3. The zero-order valence-corrected chi connectivity index (χ0v) is 28.1. The van der Waals surface area contributed by atoms with Gasteiger partial charge in [0.1, 0.15) is 11.6 Å². The second kappa shape index (κ2) is 13.4. The van der Waals surface area contributed by atoms with Crippen molar-refractivity contribution in [3.63, 3.8) is 0 Å². The van der Waals surface area contributed by atoms with Crippen molar-refractivity contribution in [1.82, 2.24) is 0 Å².